The molecular formula is C26H29ClF5N3O4. The summed E-state index contributed by atoms with van der Waals surface area (Å²) >= 11 is 6.50. The van der Waals surface area contributed by atoms with Crippen LogP contribution in [0.5, 0.6) is 5.75 Å². The highest BCUT2D eigenvalue weighted by Crippen LogP contribution is 2.59. The fourth-order valence-corrected chi connectivity index (χ4v) is 5.29. The molecule has 2 saturated carbocycles. The molecule has 1 amide bonds. The number of aryl methyl sites for hydroxylation is 1. The fraction of sp³-hybridized carbons (Fsp3) is 0.577. The van der Waals surface area contributed by atoms with Crippen molar-refractivity contribution in [1.82, 2.24) is 15.1 Å². The topological polar surface area (TPSA) is 93.5 Å². The van der Waals surface area contributed by atoms with Gasteiger partial charge in [-0.05, 0) is 63.5 Å². The Labute approximate surface area is 226 Å². The molecule has 2 N–H and O–H groups in total. The number of alkyl halides is 5. The van der Waals surface area contributed by atoms with Crippen molar-refractivity contribution in [3.8, 4) is 17.0 Å². The number of Topliss-reactive ketones (excluding diaryl/α,β-unsaturated/α-hetero) is 1. The van der Waals surface area contributed by atoms with E-state index >= 15 is 0 Å². The molecule has 13 heteroatoms. The number of halogens is 6. The van der Waals surface area contributed by atoms with Crippen molar-refractivity contribution in [3.63, 3.8) is 0 Å². The molecule has 2 aliphatic carbocycles. The number of benzene rings is 1. The van der Waals surface area contributed by atoms with E-state index in [2.05, 4.69) is 22.1 Å². The van der Waals surface area contributed by atoms with E-state index in [0.29, 0.717) is 18.8 Å². The number of nitrogens with one attached hydrogen (secondary N) is 1. The Kier molecular flexibility index (Phi) is 8.01. The summed E-state index contributed by atoms with van der Waals surface area (Å²) in [5.74, 6) is -2.02. The molecule has 7 nitrogen and oxygen atoms in total. The second kappa shape index (κ2) is 10.7. The van der Waals surface area contributed by atoms with Gasteiger partial charge in [0.25, 0.3) is 5.91 Å². The summed E-state index contributed by atoms with van der Waals surface area (Å²) in [6.07, 6.45) is -2.87. The van der Waals surface area contributed by atoms with Gasteiger partial charge in [0, 0.05) is 24.2 Å². The first-order valence-electron chi connectivity index (χ1n) is 12.7. The van der Waals surface area contributed by atoms with Crippen LogP contribution in [0.3, 0.4) is 0 Å². The maximum atomic E-state index is 13.5. The van der Waals surface area contributed by atoms with Crippen molar-refractivity contribution in [2.24, 2.45) is 11.3 Å². The van der Waals surface area contributed by atoms with Gasteiger partial charge in [-0.25, -0.2) is 0 Å². The van der Waals surface area contributed by atoms with E-state index in [1.54, 1.807) is 6.92 Å². The lowest BCUT2D eigenvalue weighted by atomic mass is 9.79. The molecule has 2 aliphatic rings. The van der Waals surface area contributed by atoms with E-state index in [-0.39, 0.29) is 47.9 Å². The van der Waals surface area contributed by atoms with Crippen molar-refractivity contribution >= 4 is 23.3 Å². The average molecular weight is 578 g/mol. The lowest BCUT2D eigenvalue weighted by Crippen LogP contribution is -2.45. The number of aromatic nitrogens is 2. The molecule has 0 aliphatic heterocycles. The first-order chi connectivity index (χ1) is 18.2. The second-order valence-corrected chi connectivity index (χ2v) is 10.8. The molecule has 0 atom stereocenters. The largest absolute Gasteiger partial charge is 0.434 e. The summed E-state index contributed by atoms with van der Waals surface area (Å²) in [4.78, 5) is 25.7. The standard InChI is InChI=1S/C26H29ClF5N3O4/c1-3-35-20(18(27)19(34-35)22(37)33-13-24(38)8-6-14(2)7-9-24)16-5-4-15(12-17(16)39-23(28)29)21(36)25(10-11-25)26(30,31)32/h4-5,12,14,23,38H,3,6-11,13H2,1-2H3,(H,33,37). The molecule has 0 saturated heterocycles. The number of amides is 1. The van der Waals surface area contributed by atoms with Crippen LogP contribution in [-0.4, -0.2) is 51.5 Å². The Hall–Kier alpha value is -2.73. The quantitative estimate of drug-likeness (QED) is 0.281. The zero-order valence-corrected chi connectivity index (χ0v) is 22.1. The monoisotopic (exact) mass is 577 g/mol. The first kappa shape index (κ1) is 29.3. The number of aliphatic hydroxyl groups is 1. The number of hydrogen-bond donors (Lipinski definition) is 2. The van der Waals surface area contributed by atoms with Crippen LogP contribution in [0.4, 0.5) is 22.0 Å². The molecule has 4 rings (SSSR count). The van der Waals surface area contributed by atoms with Gasteiger partial charge in [0.2, 0.25) is 0 Å². The van der Waals surface area contributed by atoms with Gasteiger partial charge in [0.1, 0.15) is 11.2 Å². The summed E-state index contributed by atoms with van der Waals surface area (Å²) in [6, 6.07) is 3.07. The summed E-state index contributed by atoms with van der Waals surface area (Å²) in [6.45, 7) is 0.513. The molecule has 0 bridgehead atoms. The molecular weight excluding hydrogens is 549 g/mol. The highest BCUT2D eigenvalue weighted by molar-refractivity contribution is 6.36. The van der Waals surface area contributed by atoms with Gasteiger partial charge in [-0.1, -0.05) is 24.6 Å². The molecule has 0 radical (unpaired) electrons. The van der Waals surface area contributed by atoms with Crippen molar-refractivity contribution in [2.75, 3.05) is 6.54 Å². The van der Waals surface area contributed by atoms with Crippen molar-refractivity contribution in [2.45, 2.75) is 77.3 Å². The Bertz CT molecular complexity index is 1250. The Morgan fingerprint density at radius 2 is 1.87 bits per heavy atom. The van der Waals surface area contributed by atoms with Crippen LogP contribution in [0.25, 0.3) is 11.3 Å². The van der Waals surface area contributed by atoms with E-state index in [1.807, 2.05) is 0 Å². The molecule has 1 aromatic carbocycles. The van der Waals surface area contributed by atoms with Gasteiger partial charge in [0.05, 0.1) is 16.3 Å². The number of carbonyl (C=O) groups excluding carboxylic acids is 2. The highest BCUT2D eigenvalue weighted by Gasteiger charge is 2.68. The predicted molar refractivity (Wildman–Crippen MR) is 132 cm³/mol. The second-order valence-electron chi connectivity index (χ2n) is 10.4. The van der Waals surface area contributed by atoms with E-state index in [4.69, 9.17) is 11.6 Å². The van der Waals surface area contributed by atoms with Crippen LogP contribution >= 0.6 is 11.6 Å². The third kappa shape index (κ3) is 5.77. The van der Waals surface area contributed by atoms with Gasteiger partial charge < -0.3 is 15.2 Å². The summed E-state index contributed by atoms with van der Waals surface area (Å²) in [5, 5.41) is 17.4. The number of ether oxygens (including phenoxy) is 1. The molecule has 0 unspecified atom stereocenters. The van der Waals surface area contributed by atoms with Gasteiger partial charge in [-0.2, -0.15) is 27.1 Å². The number of hydrogen-bond acceptors (Lipinski definition) is 5. The number of nitrogens with zero attached hydrogens (tertiary/aromatic N) is 2. The van der Waals surface area contributed by atoms with Gasteiger partial charge in [-0.15, -0.1) is 0 Å². The van der Waals surface area contributed by atoms with E-state index in [0.717, 1.165) is 31.0 Å². The lowest BCUT2D eigenvalue weighted by molar-refractivity contribution is -0.171. The molecule has 39 heavy (non-hydrogen) atoms. The Morgan fingerprint density at radius 1 is 1.23 bits per heavy atom. The summed E-state index contributed by atoms with van der Waals surface area (Å²) in [7, 11) is 0. The lowest BCUT2D eigenvalue weighted by Gasteiger charge is -2.34. The third-order valence-corrected chi connectivity index (χ3v) is 7.99. The number of carbonyl (C=O) groups is 2. The van der Waals surface area contributed by atoms with E-state index in [1.165, 1.54) is 4.68 Å². The zero-order valence-electron chi connectivity index (χ0n) is 21.4. The molecule has 1 aromatic heterocycles. The molecule has 214 valence electrons. The van der Waals surface area contributed by atoms with Crippen LogP contribution in [0.15, 0.2) is 18.2 Å². The maximum Gasteiger partial charge on any atom is 0.401 e. The van der Waals surface area contributed by atoms with Gasteiger partial charge in [-0.3, -0.25) is 14.3 Å². The number of ketones is 1. The zero-order chi connectivity index (χ0) is 28.8. The van der Waals surface area contributed by atoms with Gasteiger partial charge in [0.15, 0.2) is 11.5 Å². The minimum absolute atomic E-state index is 0.0149. The van der Waals surface area contributed by atoms with E-state index in [9.17, 15) is 36.6 Å². The van der Waals surface area contributed by atoms with Crippen LogP contribution in [-0.2, 0) is 6.54 Å². The SMILES string of the molecule is CCn1nc(C(=O)NCC2(O)CCC(C)CC2)c(Cl)c1-c1ccc(C(=O)C2(C(F)(F)F)CC2)cc1OC(F)F. The van der Waals surface area contributed by atoms with Crippen LogP contribution in [0.2, 0.25) is 5.02 Å². The minimum Gasteiger partial charge on any atom is -0.434 e. The van der Waals surface area contributed by atoms with Crippen LogP contribution in [0, 0.1) is 11.3 Å². The first-order valence-corrected chi connectivity index (χ1v) is 13.1. The average Bonchev–Trinajstić information content (AvgIpc) is 3.63. The van der Waals surface area contributed by atoms with Crippen molar-refractivity contribution in [3.05, 3.63) is 34.5 Å². The Morgan fingerprint density at radius 3 is 2.41 bits per heavy atom. The normalized spacial score (nSPS) is 22.6. The fourth-order valence-electron chi connectivity index (χ4n) is 4.97. The van der Waals surface area contributed by atoms with Crippen LogP contribution in [0.1, 0.15) is 73.2 Å². The van der Waals surface area contributed by atoms with Gasteiger partial charge >= 0.3 is 12.8 Å². The van der Waals surface area contributed by atoms with Crippen molar-refractivity contribution in [1.29, 1.82) is 0 Å². The molecule has 2 fully saturated rings. The minimum atomic E-state index is -4.78. The summed E-state index contributed by atoms with van der Waals surface area (Å²) < 4.78 is 72.9. The number of rotatable bonds is 9. The molecule has 0 spiro atoms. The summed E-state index contributed by atoms with van der Waals surface area (Å²) in [5.41, 5.74) is -4.33. The molecule has 1 heterocycles. The smallest absolute Gasteiger partial charge is 0.401 e. The van der Waals surface area contributed by atoms with Crippen molar-refractivity contribution < 1.29 is 41.4 Å². The third-order valence-electron chi connectivity index (χ3n) is 7.63. The van der Waals surface area contributed by atoms with Crippen LogP contribution < -0.4 is 10.1 Å². The predicted octanol–water partition coefficient (Wildman–Crippen LogP) is 6.02. The Balaban J connectivity index is 1.65. The highest BCUT2D eigenvalue weighted by atomic mass is 35.5. The molecule has 2 aromatic rings. The van der Waals surface area contributed by atoms with E-state index < -0.39 is 46.8 Å². The maximum absolute atomic E-state index is 13.5.